The molecule has 1 heterocycles. The van der Waals surface area contributed by atoms with Crippen molar-refractivity contribution in [2.45, 2.75) is 58.9 Å². The summed E-state index contributed by atoms with van der Waals surface area (Å²) >= 11 is 0. The molecule has 0 spiro atoms. The molecule has 116 valence electrons. The zero-order valence-electron chi connectivity index (χ0n) is 13.2. The van der Waals surface area contributed by atoms with Crippen LogP contribution in [-0.2, 0) is 6.42 Å². The fraction of sp³-hybridized carbons (Fsp3) is 0.647. The third-order valence-corrected chi connectivity index (χ3v) is 4.58. The number of hydrogen-bond donors (Lipinski definition) is 2. The molecule has 1 fully saturated rings. The summed E-state index contributed by atoms with van der Waals surface area (Å²) in [6, 6.07) is 3.74. The predicted octanol–water partition coefficient (Wildman–Crippen LogP) is 3.97. The first-order valence-corrected chi connectivity index (χ1v) is 8.00. The van der Waals surface area contributed by atoms with Crippen LogP contribution in [0.5, 0.6) is 0 Å². The van der Waals surface area contributed by atoms with Crippen LogP contribution in [0.1, 0.15) is 62.5 Å². The van der Waals surface area contributed by atoms with Crippen LogP contribution in [0.2, 0.25) is 0 Å². The highest BCUT2D eigenvalue weighted by atomic mass is 16.4. The Balaban J connectivity index is 2.13. The molecule has 0 aromatic carbocycles. The van der Waals surface area contributed by atoms with Gasteiger partial charge in [0.1, 0.15) is 5.82 Å². The summed E-state index contributed by atoms with van der Waals surface area (Å²) in [5.74, 6) is 1.31. The van der Waals surface area contributed by atoms with Crippen molar-refractivity contribution >= 4 is 11.8 Å². The van der Waals surface area contributed by atoms with Crippen molar-refractivity contribution in [1.82, 2.24) is 4.98 Å². The Kier molecular flexibility index (Phi) is 5.21. The summed E-state index contributed by atoms with van der Waals surface area (Å²) in [6.07, 6.45) is 5.26. The van der Waals surface area contributed by atoms with Gasteiger partial charge in [-0.3, -0.25) is 0 Å². The molecule has 4 heteroatoms. The van der Waals surface area contributed by atoms with E-state index in [0.29, 0.717) is 23.3 Å². The Hall–Kier alpha value is -1.58. The van der Waals surface area contributed by atoms with E-state index in [1.54, 1.807) is 12.1 Å². The van der Waals surface area contributed by atoms with Crippen LogP contribution in [-0.4, -0.2) is 22.1 Å². The highest BCUT2D eigenvalue weighted by Crippen LogP contribution is 2.31. The molecule has 21 heavy (non-hydrogen) atoms. The number of aryl methyl sites for hydroxylation is 1. The van der Waals surface area contributed by atoms with Gasteiger partial charge in [0.25, 0.3) is 0 Å². The maximum atomic E-state index is 11.2. The van der Waals surface area contributed by atoms with Gasteiger partial charge in [0, 0.05) is 11.7 Å². The third kappa shape index (κ3) is 4.19. The van der Waals surface area contributed by atoms with Crippen LogP contribution in [0.25, 0.3) is 0 Å². The molecule has 3 atom stereocenters. The van der Waals surface area contributed by atoms with Crippen LogP contribution in [0, 0.1) is 11.8 Å². The van der Waals surface area contributed by atoms with E-state index in [1.807, 2.05) is 0 Å². The van der Waals surface area contributed by atoms with Gasteiger partial charge in [0.05, 0.1) is 5.56 Å². The number of carboxylic acids is 1. The Labute approximate surface area is 127 Å². The van der Waals surface area contributed by atoms with Gasteiger partial charge in [-0.1, -0.05) is 27.2 Å². The summed E-state index contributed by atoms with van der Waals surface area (Å²) < 4.78 is 0. The topological polar surface area (TPSA) is 62.2 Å². The maximum Gasteiger partial charge on any atom is 0.335 e. The van der Waals surface area contributed by atoms with Crippen molar-refractivity contribution in [2.24, 2.45) is 11.8 Å². The molecule has 1 aliphatic carbocycles. The van der Waals surface area contributed by atoms with E-state index in [4.69, 9.17) is 0 Å². The molecule has 2 rings (SSSR count). The fourth-order valence-electron chi connectivity index (χ4n) is 3.06. The Morgan fingerprint density at radius 3 is 2.71 bits per heavy atom. The lowest BCUT2D eigenvalue weighted by atomic mass is 9.79. The number of hydrogen-bond acceptors (Lipinski definition) is 3. The quantitative estimate of drug-likeness (QED) is 0.861. The minimum absolute atomic E-state index is 0.327. The summed E-state index contributed by atoms with van der Waals surface area (Å²) in [7, 11) is 0. The first kappa shape index (κ1) is 15.8. The van der Waals surface area contributed by atoms with Crippen LogP contribution in [0.3, 0.4) is 0 Å². The van der Waals surface area contributed by atoms with Gasteiger partial charge < -0.3 is 10.4 Å². The first-order chi connectivity index (χ1) is 9.99. The smallest absolute Gasteiger partial charge is 0.335 e. The molecule has 0 bridgehead atoms. The van der Waals surface area contributed by atoms with Gasteiger partial charge in [0.15, 0.2) is 0 Å². The lowest BCUT2D eigenvalue weighted by molar-refractivity contribution is 0.0696. The number of pyridine rings is 1. The largest absolute Gasteiger partial charge is 0.478 e. The van der Waals surface area contributed by atoms with Crippen molar-refractivity contribution in [3.05, 3.63) is 23.4 Å². The van der Waals surface area contributed by atoms with Gasteiger partial charge in [-0.2, -0.15) is 0 Å². The number of nitrogens with one attached hydrogen (secondary N) is 1. The Morgan fingerprint density at radius 2 is 2.10 bits per heavy atom. The van der Waals surface area contributed by atoms with Crippen molar-refractivity contribution in [3.63, 3.8) is 0 Å². The second kappa shape index (κ2) is 6.92. The molecule has 0 aliphatic heterocycles. The summed E-state index contributed by atoms with van der Waals surface area (Å²) in [5, 5.41) is 12.7. The molecule has 0 saturated heterocycles. The van der Waals surface area contributed by atoms with Crippen molar-refractivity contribution in [1.29, 1.82) is 0 Å². The van der Waals surface area contributed by atoms with E-state index >= 15 is 0 Å². The molecule has 3 unspecified atom stereocenters. The van der Waals surface area contributed by atoms with Crippen LogP contribution in [0.15, 0.2) is 12.1 Å². The molecule has 0 radical (unpaired) electrons. The number of rotatable bonds is 5. The van der Waals surface area contributed by atoms with Crippen molar-refractivity contribution < 1.29 is 9.90 Å². The van der Waals surface area contributed by atoms with E-state index in [1.165, 1.54) is 6.42 Å². The predicted molar refractivity (Wildman–Crippen MR) is 84.8 cm³/mol. The molecular weight excluding hydrogens is 264 g/mol. The molecular formula is C17H26N2O2. The molecule has 0 amide bonds. The van der Waals surface area contributed by atoms with Gasteiger partial charge in [0.2, 0.25) is 0 Å². The number of aromatic nitrogens is 1. The normalized spacial score (nSPS) is 25.6. The lowest BCUT2D eigenvalue weighted by Crippen LogP contribution is -2.30. The van der Waals surface area contributed by atoms with Gasteiger partial charge in [-0.25, -0.2) is 9.78 Å². The number of nitrogens with zero attached hydrogens (tertiary/aromatic N) is 1. The molecule has 4 nitrogen and oxygen atoms in total. The van der Waals surface area contributed by atoms with E-state index in [-0.39, 0.29) is 0 Å². The Bertz CT molecular complexity index is 502. The minimum Gasteiger partial charge on any atom is -0.478 e. The van der Waals surface area contributed by atoms with Crippen molar-refractivity contribution in [2.75, 3.05) is 5.32 Å². The molecule has 1 saturated carbocycles. The van der Waals surface area contributed by atoms with E-state index in [0.717, 1.165) is 37.3 Å². The van der Waals surface area contributed by atoms with Crippen LogP contribution in [0.4, 0.5) is 5.82 Å². The third-order valence-electron chi connectivity index (χ3n) is 4.58. The van der Waals surface area contributed by atoms with Gasteiger partial charge in [-0.05, 0) is 49.7 Å². The fourth-order valence-corrected chi connectivity index (χ4v) is 3.06. The van der Waals surface area contributed by atoms with Gasteiger partial charge in [-0.15, -0.1) is 0 Å². The number of carbonyl (C=O) groups is 1. The molecule has 1 aromatic rings. The highest BCUT2D eigenvalue weighted by molar-refractivity contribution is 5.88. The lowest BCUT2D eigenvalue weighted by Gasteiger charge is -2.32. The van der Waals surface area contributed by atoms with Gasteiger partial charge >= 0.3 is 5.97 Å². The van der Waals surface area contributed by atoms with E-state index in [2.05, 4.69) is 31.1 Å². The van der Waals surface area contributed by atoms with E-state index < -0.39 is 5.97 Å². The number of carboxylic acid groups (broad SMARTS) is 1. The molecule has 2 N–H and O–H groups in total. The molecule has 1 aromatic heterocycles. The molecule has 1 aliphatic rings. The van der Waals surface area contributed by atoms with Crippen LogP contribution < -0.4 is 5.32 Å². The summed E-state index contributed by atoms with van der Waals surface area (Å²) in [6.45, 7) is 6.68. The highest BCUT2D eigenvalue weighted by Gasteiger charge is 2.24. The second-order valence-corrected chi connectivity index (χ2v) is 6.40. The first-order valence-electron chi connectivity index (χ1n) is 8.00. The zero-order chi connectivity index (χ0) is 15.4. The standard InChI is InChI=1S/C17H26N2O2/c1-4-5-14-9-13(17(20)21)10-16(18-14)19-15-7-6-11(2)12(3)8-15/h9-12,15H,4-8H2,1-3H3,(H,18,19)(H,20,21). The van der Waals surface area contributed by atoms with Crippen LogP contribution >= 0.6 is 0 Å². The summed E-state index contributed by atoms with van der Waals surface area (Å²) in [4.78, 5) is 15.8. The summed E-state index contributed by atoms with van der Waals surface area (Å²) in [5.41, 5.74) is 1.19. The second-order valence-electron chi connectivity index (χ2n) is 6.40. The average molecular weight is 290 g/mol. The Morgan fingerprint density at radius 1 is 1.33 bits per heavy atom. The number of anilines is 1. The van der Waals surface area contributed by atoms with Crippen molar-refractivity contribution in [3.8, 4) is 0 Å². The monoisotopic (exact) mass is 290 g/mol. The van der Waals surface area contributed by atoms with E-state index in [9.17, 15) is 9.90 Å². The SMILES string of the molecule is CCCc1cc(C(=O)O)cc(NC2CCC(C)C(C)C2)n1. The minimum atomic E-state index is -0.886. The zero-order valence-corrected chi connectivity index (χ0v) is 13.2. The number of aromatic carboxylic acids is 1. The average Bonchev–Trinajstić information content (AvgIpc) is 2.43. The maximum absolute atomic E-state index is 11.2.